The van der Waals surface area contributed by atoms with E-state index in [9.17, 15) is 9.59 Å². The number of nitrogens with zero attached hydrogens (tertiary/aromatic N) is 2. The molecule has 4 heteroatoms. The van der Waals surface area contributed by atoms with Crippen LogP contribution in [0, 0.1) is 13.8 Å². The van der Waals surface area contributed by atoms with Crippen LogP contribution in [-0.4, -0.2) is 18.4 Å². The zero-order valence-electron chi connectivity index (χ0n) is 17.8. The maximum Gasteiger partial charge on any atom is 0.282 e. The fourth-order valence-electron chi connectivity index (χ4n) is 4.68. The summed E-state index contributed by atoms with van der Waals surface area (Å²) in [5.74, 6) is -0.524. The number of aryl methyl sites for hydroxylation is 3. The summed E-state index contributed by atoms with van der Waals surface area (Å²) >= 11 is 0. The summed E-state index contributed by atoms with van der Waals surface area (Å²) in [6.45, 7) is 4.74. The topological polar surface area (TPSA) is 40.6 Å². The first-order valence-electron chi connectivity index (χ1n) is 10.7. The number of rotatable bonds is 3. The Kier molecular flexibility index (Phi) is 4.70. The third kappa shape index (κ3) is 3.15. The van der Waals surface area contributed by atoms with Crippen molar-refractivity contribution in [3.63, 3.8) is 0 Å². The highest BCUT2D eigenvalue weighted by atomic mass is 16.2. The van der Waals surface area contributed by atoms with Gasteiger partial charge < -0.3 is 4.90 Å². The Morgan fingerprint density at radius 3 is 2.32 bits per heavy atom. The monoisotopic (exact) mass is 408 g/mol. The highest BCUT2D eigenvalue weighted by molar-refractivity contribution is 6.46. The molecule has 3 aromatic carbocycles. The van der Waals surface area contributed by atoms with E-state index >= 15 is 0 Å². The lowest BCUT2D eigenvalue weighted by atomic mass is 9.95. The Hall–Kier alpha value is -3.66. The van der Waals surface area contributed by atoms with Gasteiger partial charge in [-0.25, -0.2) is 4.90 Å². The van der Waals surface area contributed by atoms with Crippen LogP contribution in [-0.2, 0) is 16.0 Å². The largest absolute Gasteiger partial charge is 0.336 e. The molecule has 2 aliphatic rings. The molecule has 0 saturated carbocycles. The van der Waals surface area contributed by atoms with Crippen LogP contribution in [0.2, 0.25) is 0 Å². The van der Waals surface area contributed by atoms with Crippen molar-refractivity contribution < 1.29 is 9.59 Å². The summed E-state index contributed by atoms with van der Waals surface area (Å²) in [6, 6.07) is 23.4. The molecule has 0 fully saturated rings. The minimum Gasteiger partial charge on any atom is -0.336 e. The molecular weight excluding hydrogens is 384 g/mol. The molecule has 0 atom stereocenters. The average Bonchev–Trinajstić information content (AvgIpc) is 3.04. The van der Waals surface area contributed by atoms with Crippen LogP contribution in [0.5, 0.6) is 0 Å². The van der Waals surface area contributed by atoms with Crippen molar-refractivity contribution in [3.8, 4) is 0 Å². The van der Waals surface area contributed by atoms with E-state index in [4.69, 9.17) is 0 Å². The van der Waals surface area contributed by atoms with Crippen molar-refractivity contribution >= 4 is 28.8 Å². The van der Waals surface area contributed by atoms with Gasteiger partial charge in [0.05, 0.1) is 11.3 Å². The second-order valence-corrected chi connectivity index (χ2v) is 8.21. The second kappa shape index (κ2) is 7.55. The highest BCUT2D eigenvalue weighted by Crippen LogP contribution is 2.40. The first kappa shape index (κ1) is 19.3. The van der Waals surface area contributed by atoms with Crippen LogP contribution in [0.3, 0.4) is 0 Å². The molecule has 0 N–H and O–H groups in total. The Labute approximate surface area is 182 Å². The molecule has 2 heterocycles. The molecule has 5 rings (SSSR count). The summed E-state index contributed by atoms with van der Waals surface area (Å²) < 4.78 is 0. The van der Waals surface area contributed by atoms with Gasteiger partial charge in [0.1, 0.15) is 5.70 Å². The van der Waals surface area contributed by atoms with E-state index < -0.39 is 0 Å². The first-order valence-corrected chi connectivity index (χ1v) is 10.7. The minimum absolute atomic E-state index is 0.261. The summed E-state index contributed by atoms with van der Waals surface area (Å²) in [7, 11) is 0. The van der Waals surface area contributed by atoms with Gasteiger partial charge in [0, 0.05) is 12.2 Å². The number of fused-ring (bicyclic) bond motifs is 1. The van der Waals surface area contributed by atoms with Gasteiger partial charge in [-0.05, 0) is 61.6 Å². The van der Waals surface area contributed by atoms with Gasteiger partial charge in [-0.2, -0.15) is 0 Å². The van der Waals surface area contributed by atoms with E-state index in [1.807, 2.05) is 74.5 Å². The first-order chi connectivity index (χ1) is 15.1. The summed E-state index contributed by atoms with van der Waals surface area (Å²) in [4.78, 5) is 30.9. The minimum atomic E-state index is -0.263. The quantitative estimate of drug-likeness (QED) is 0.570. The molecule has 31 heavy (non-hydrogen) atoms. The Balaban J connectivity index is 1.73. The Morgan fingerprint density at radius 2 is 1.55 bits per heavy atom. The van der Waals surface area contributed by atoms with E-state index in [-0.39, 0.29) is 11.8 Å². The number of hydrogen-bond donors (Lipinski definition) is 0. The van der Waals surface area contributed by atoms with E-state index in [0.29, 0.717) is 23.5 Å². The molecule has 0 aromatic heterocycles. The second-order valence-electron chi connectivity index (χ2n) is 8.21. The molecule has 4 nitrogen and oxygen atoms in total. The molecule has 0 unspecified atom stereocenters. The van der Waals surface area contributed by atoms with Crippen molar-refractivity contribution in [2.24, 2.45) is 0 Å². The Morgan fingerprint density at radius 1 is 0.806 bits per heavy atom. The smallest absolute Gasteiger partial charge is 0.282 e. The number of amides is 2. The van der Waals surface area contributed by atoms with Gasteiger partial charge in [0.2, 0.25) is 0 Å². The summed E-state index contributed by atoms with van der Waals surface area (Å²) in [6.07, 6.45) is 1.91. The number of hydrogen-bond acceptors (Lipinski definition) is 3. The summed E-state index contributed by atoms with van der Waals surface area (Å²) in [5.41, 5.74) is 6.73. The maximum atomic E-state index is 13.8. The molecular formula is C27H24N2O2. The van der Waals surface area contributed by atoms with Gasteiger partial charge in [-0.1, -0.05) is 60.2 Å². The van der Waals surface area contributed by atoms with Crippen LogP contribution >= 0.6 is 0 Å². The van der Waals surface area contributed by atoms with Crippen LogP contribution in [0.1, 0.15) is 28.7 Å². The van der Waals surface area contributed by atoms with Crippen LogP contribution in [0.25, 0.3) is 5.57 Å². The van der Waals surface area contributed by atoms with Gasteiger partial charge in [-0.3, -0.25) is 9.59 Å². The zero-order chi connectivity index (χ0) is 21.5. The highest BCUT2D eigenvalue weighted by Gasteiger charge is 2.43. The molecule has 154 valence electrons. The van der Waals surface area contributed by atoms with Gasteiger partial charge in [-0.15, -0.1) is 0 Å². The zero-order valence-corrected chi connectivity index (χ0v) is 17.8. The molecule has 0 saturated heterocycles. The molecule has 2 amide bonds. The van der Waals surface area contributed by atoms with Gasteiger partial charge in [0.15, 0.2) is 0 Å². The van der Waals surface area contributed by atoms with Crippen molar-refractivity contribution in [2.45, 2.75) is 26.7 Å². The number of anilines is 2. The SMILES string of the molecule is Cc1ccc(C2=C(N3CCCc4ccccc43)C(=O)N(c3ccccc3)C2=O)c(C)c1. The number of benzene rings is 3. The van der Waals surface area contributed by atoms with Gasteiger partial charge in [0.25, 0.3) is 11.8 Å². The number of carbonyl (C=O) groups is 2. The van der Waals surface area contributed by atoms with E-state index in [1.165, 1.54) is 10.5 Å². The van der Waals surface area contributed by atoms with E-state index in [0.717, 1.165) is 35.2 Å². The lowest BCUT2D eigenvalue weighted by molar-refractivity contribution is -0.120. The molecule has 2 aliphatic heterocycles. The fourth-order valence-corrected chi connectivity index (χ4v) is 4.68. The van der Waals surface area contributed by atoms with Crippen LogP contribution < -0.4 is 9.80 Å². The Bertz CT molecular complexity index is 1230. The molecule has 0 bridgehead atoms. The lowest BCUT2D eigenvalue weighted by Gasteiger charge is -2.32. The third-order valence-corrected chi connectivity index (χ3v) is 6.11. The van der Waals surface area contributed by atoms with Crippen molar-refractivity contribution in [2.75, 3.05) is 16.3 Å². The normalized spacial score (nSPS) is 16.2. The van der Waals surface area contributed by atoms with Crippen LogP contribution in [0.4, 0.5) is 11.4 Å². The predicted octanol–water partition coefficient (Wildman–Crippen LogP) is 5.04. The van der Waals surface area contributed by atoms with Crippen LogP contribution in [0.15, 0.2) is 78.5 Å². The van der Waals surface area contributed by atoms with Crippen molar-refractivity contribution in [1.29, 1.82) is 0 Å². The van der Waals surface area contributed by atoms with E-state index in [2.05, 4.69) is 17.0 Å². The van der Waals surface area contributed by atoms with E-state index in [1.54, 1.807) is 0 Å². The fraction of sp³-hybridized carbons (Fsp3) is 0.185. The molecule has 3 aromatic rings. The predicted molar refractivity (Wildman–Crippen MR) is 124 cm³/mol. The molecule has 0 spiro atoms. The molecule has 0 radical (unpaired) electrons. The standard InChI is InChI=1S/C27H24N2O2/c1-18-14-15-22(19(2)17-18)24-25(28-16-8-10-20-9-6-7-13-23(20)28)27(31)29(26(24)30)21-11-4-3-5-12-21/h3-7,9,11-15,17H,8,10,16H2,1-2H3. The number of carbonyl (C=O) groups excluding carboxylic acids is 2. The van der Waals surface area contributed by atoms with Gasteiger partial charge >= 0.3 is 0 Å². The maximum absolute atomic E-state index is 13.8. The molecule has 0 aliphatic carbocycles. The van der Waals surface area contributed by atoms with Crippen molar-refractivity contribution in [1.82, 2.24) is 0 Å². The third-order valence-electron chi connectivity index (χ3n) is 6.11. The van der Waals surface area contributed by atoms with Crippen molar-refractivity contribution in [3.05, 3.63) is 101 Å². The average molecular weight is 409 g/mol. The number of imide groups is 1. The lowest BCUT2D eigenvalue weighted by Crippen LogP contribution is -2.37. The number of para-hydroxylation sites is 2. The summed E-state index contributed by atoms with van der Waals surface area (Å²) in [5, 5.41) is 0.